The molecule has 4 heteroatoms. The van der Waals surface area contributed by atoms with E-state index < -0.39 is 0 Å². The summed E-state index contributed by atoms with van der Waals surface area (Å²) in [5.41, 5.74) is 0.331. The minimum absolute atomic E-state index is 0.0265. The standard InChI is InChI=1S/C10H11IO3/c1-3-14-10-5-9(13)7(6(2)12)4-8(10)11/h4-5,13H,3H2,1-2H3. The van der Waals surface area contributed by atoms with Crippen molar-refractivity contribution in [2.24, 2.45) is 0 Å². The molecule has 0 aliphatic carbocycles. The van der Waals surface area contributed by atoms with E-state index in [0.717, 1.165) is 3.57 Å². The van der Waals surface area contributed by atoms with Crippen LogP contribution in [0.25, 0.3) is 0 Å². The van der Waals surface area contributed by atoms with Crippen LogP contribution in [-0.2, 0) is 0 Å². The Balaban J connectivity index is 3.17. The lowest BCUT2D eigenvalue weighted by molar-refractivity contribution is 0.101. The zero-order valence-electron chi connectivity index (χ0n) is 8.00. The number of ether oxygens (including phenoxy) is 1. The third-order valence-corrected chi connectivity index (χ3v) is 2.57. The van der Waals surface area contributed by atoms with Gasteiger partial charge in [0.1, 0.15) is 11.5 Å². The SMILES string of the molecule is CCOc1cc(O)c(C(C)=O)cc1I. The molecule has 0 saturated heterocycles. The predicted octanol–water partition coefficient (Wildman–Crippen LogP) is 2.60. The summed E-state index contributed by atoms with van der Waals surface area (Å²) in [6.07, 6.45) is 0. The Bertz CT molecular complexity index is 361. The Labute approximate surface area is 96.2 Å². The van der Waals surface area contributed by atoms with Gasteiger partial charge in [-0.2, -0.15) is 0 Å². The van der Waals surface area contributed by atoms with Crippen molar-refractivity contribution in [1.82, 2.24) is 0 Å². The number of benzene rings is 1. The Morgan fingerprint density at radius 3 is 2.71 bits per heavy atom. The van der Waals surface area contributed by atoms with Crippen LogP contribution in [0.1, 0.15) is 24.2 Å². The van der Waals surface area contributed by atoms with Gasteiger partial charge < -0.3 is 9.84 Å². The molecule has 0 bridgehead atoms. The van der Waals surface area contributed by atoms with Crippen LogP contribution in [-0.4, -0.2) is 17.5 Å². The number of carbonyl (C=O) groups is 1. The number of phenols is 1. The fourth-order valence-electron chi connectivity index (χ4n) is 1.09. The summed E-state index contributed by atoms with van der Waals surface area (Å²) in [7, 11) is 0. The number of phenolic OH excluding ortho intramolecular Hbond substituents is 1. The number of rotatable bonds is 3. The van der Waals surface area contributed by atoms with E-state index in [1.807, 2.05) is 6.92 Å². The average molecular weight is 306 g/mol. The molecule has 0 radical (unpaired) electrons. The third-order valence-electron chi connectivity index (χ3n) is 1.73. The van der Waals surface area contributed by atoms with Gasteiger partial charge in [0.05, 0.1) is 15.7 Å². The number of halogens is 1. The van der Waals surface area contributed by atoms with Crippen molar-refractivity contribution in [1.29, 1.82) is 0 Å². The van der Waals surface area contributed by atoms with Crippen molar-refractivity contribution < 1.29 is 14.6 Å². The second kappa shape index (κ2) is 4.63. The van der Waals surface area contributed by atoms with Gasteiger partial charge in [0.25, 0.3) is 0 Å². The van der Waals surface area contributed by atoms with E-state index in [9.17, 15) is 9.90 Å². The molecular formula is C10H11IO3. The lowest BCUT2D eigenvalue weighted by Gasteiger charge is -2.08. The molecule has 14 heavy (non-hydrogen) atoms. The van der Waals surface area contributed by atoms with E-state index in [1.165, 1.54) is 13.0 Å². The van der Waals surface area contributed by atoms with Crippen LogP contribution in [0, 0.1) is 3.57 Å². The Morgan fingerprint density at radius 1 is 1.57 bits per heavy atom. The first-order chi connectivity index (χ1) is 6.56. The van der Waals surface area contributed by atoms with E-state index in [1.54, 1.807) is 6.07 Å². The topological polar surface area (TPSA) is 46.5 Å². The van der Waals surface area contributed by atoms with Gasteiger partial charge in [-0.15, -0.1) is 0 Å². The molecule has 0 fully saturated rings. The molecule has 0 aliphatic rings. The maximum absolute atomic E-state index is 11.1. The summed E-state index contributed by atoms with van der Waals surface area (Å²) >= 11 is 2.07. The monoisotopic (exact) mass is 306 g/mol. The van der Waals surface area contributed by atoms with Gasteiger partial charge in [-0.1, -0.05) is 0 Å². The van der Waals surface area contributed by atoms with E-state index in [2.05, 4.69) is 22.6 Å². The molecule has 0 unspecified atom stereocenters. The molecule has 1 aromatic carbocycles. The normalized spacial score (nSPS) is 9.93. The summed E-state index contributed by atoms with van der Waals surface area (Å²) in [5, 5.41) is 9.51. The number of aromatic hydroxyl groups is 1. The van der Waals surface area contributed by atoms with Crippen LogP contribution in [0.2, 0.25) is 0 Å². The predicted molar refractivity (Wildman–Crippen MR) is 62.0 cm³/mol. The van der Waals surface area contributed by atoms with E-state index in [-0.39, 0.29) is 11.5 Å². The van der Waals surface area contributed by atoms with Gasteiger partial charge >= 0.3 is 0 Å². The molecule has 3 nitrogen and oxygen atoms in total. The lowest BCUT2D eigenvalue weighted by Crippen LogP contribution is -1.98. The van der Waals surface area contributed by atoms with E-state index in [0.29, 0.717) is 17.9 Å². The van der Waals surface area contributed by atoms with Crippen molar-refractivity contribution in [3.8, 4) is 11.5 Å². The van der Waals surface area contributed by atoms with Crippen molar-refractivity contribution >= 4 is 28.4 Å². The van der Waals surface area contributed by atoms with Crippen LogP contribution in [0.3, 0.4) is 0 Å². The Kier molecular flexibility index (Phi) is 3.74. The molecule has 0 aromatic heterocycles. The molecule has 1 aromatic rings. The summed E-state index contributed by atoms with van der Waals surface area (Å²) < 4.78 is 6.10. The highest BCUT2D eigenvalue weighted by molar-refractivity contribution is 14.1. The zero-order valence-corrected chi connectivity index (χ0v) is 10.2. The smallest absolute Gasteiger partial charge is 0.163 e. The third kappa shape index (κ3) is 2.37. The first kappa shape index (κ1) is 11.3. The fourth-order valence-corrected chi connectivity index (χ4v) is 1.71. The van der Waals surface area contributed by atoms with Gasteiger partial charge in [0.15, 0.2) is 5.78 Å². The van der Waals surface area contributed by atoms with Crippen LogP contribution in [0.5, 0.6) is 11.5 Å². The van der Waals surface area contributed by atoms with Crippen molar-refractivity contribution in [2.75, 3.05) is 6.61 Å². The molecule has 0 aliphatic heterocycles. The molecule has 0 heterocycles. The largest absolute Gasteiger partial charge is 0.507 e. The van der Waals surface area contributed by atoms with Crippen LogP contribution in [0.4, 0.5) is 0 Å². The maximum atomic E-state index is 11.1. The van der Waals surface area contributed by atoms with Gasteiger partial charge in [0, 0.05) is 6.07 Å². The average Bonchev–Trinajstić information content (AvgIpc) is 2.10. The summed E-state index contributed by atoms with van der Waals surface area (Å²) in [6.45, 7) is 3.83. The van der Waals surface area contributed by atoms with Crippen molar-refractivity contribution in [3.63, 3.8) is 0 Å². The highest BCUT2D eigenvalue weighted by Crippen LogP contribution is 2.29. The Morgan fingerprint density at radius 2 is 2.21 bits per heavy atom. The molecule has 1 N–H and O–H groups in total. The van der Waals surface area contributed by atoms with Crippen molar-refractivity contribution in [2.45, 2.75) is 13.8 Å². The summed E-state index contributed by atoms with van der Waals surface area (Å²) in [6, 6.07) is 3.10. The molecule has 1 rings (SSSR count). The molecule has 76 valence electrons. The molecule has 0 saturated carbocycles. The lowest BCUT2D eigenvalue weighted by atomic mass is 10.1. The summed E-state index contributed by atoms with van der Waals surface area (Å²) in [4.78, 5) is 11.1. The van der Waals surface area contributed by atoms with E-state index >= 15 is 0 Å². The van der Waals surface area contributed by atoms with Crippen LogP contribution >= 0.6 is 22.6 Å². The molecule has 0 amide bonds. The van der Waals surface area contributed by atoms with Gasteiger partial charge in [0.2, 0.25) is 0 Å². The first-order valence-electron chi connectivity index (χ1n) is 4.22. The molecular weight excluding hydrogens is 295 g/mol. The van der Waals surface area contributed by atoms with Gasteiger partial charge in [-0.05, 0) is 42.5 Å². The minimum Gasteiger partial charge on any atom is -0.507 e. The van der Waals surface area contributed by atoms with E-state index in [4.69, 9.17) is 4.74 Å². The Hall–Kier alpha value is -0.780. The number of ketones is 1. The quantitative estimate of drug-likeness (QED) is 0.690. The second-order valence-corrected chi connectivity index (χ2v) is 3.95. The number of Topliss-reactive ketones (excluding diaryl/α,β-unsaturated/α-hetero) is 1. The molecule has 0 atom stereocenters. The van der Waals surface area contributed by atoms with Crippen LogP contribution < -0.4 is 4.74 Å². The number of hydrogen-bond acceptors (Lipinski definition) is 3. The maximum Gasteiger partial charge on any atom is 0.163 e. The number of hydrogen-bond donors (Lipinski definition) is 1. The minimum atomic E-state index is -0.150. The van der Waals surface area contributed by atoms with Crippen LogP contribution in [0.15, 0.2) is 12.1 Å². The summed E-state index contributed by atoms with van der Waals surface area (Å²) in [5.74, 6) is 0.431. The number of carbonyl (C=O) groups excluding carboxylic acids is 1. The zero-order chi connectivity index (χ0) is 10.7. The highest BCUT2D eigenvalue weighted by Gasteiger charge is 2.11. The molecule has 0 spiro atoms. The first-order valence-corrected chi connectivity index (χ1v) is 5.30. The van der Waals surface area contributed by atoms with Gasteiger partial charge in [-0.3, -0.25) is 4.79 Å². The highest BCUT2D eigenvalue weighted by atomic mass is 127. The van der Waals surface area contributed by atoms with Gasteiger partial charge in [-0.25, -0.2) is 0 Å². The fraction of sp³-hybridized carbons (Fsp3) is 0.300. The second-order valence-electron chi connectivity index (χ2n) is 2.79. The van der Waals surface area contributed by atoms with Crippen molar-refractivity contribution in [3.05, 3.63) is 21.3 Å².